The Hall–Kier alpha value is -2.74. The number of benzene rings is 2. The van der Waals surface area contributed by atoms with Gasteiger partial charge < -0.3 is 34.3 Å². The minimum Gasteiger partial charge on any atom is -0.504 e. The molecule has 150 valence electrons. The summed E-state index contributed by atoms with van der Waals surface area (Å²) in [6.07, 6.45) is 2.27. The maximum absolute atomic E-state index is 10.7. The Kier molecular flexibility index (Phi) is 6.08. The van der Waals surface area contributed by atoms with Gasteiger partial charge in [-0.25, -0.2) is 0 Å². The van der Waals surface area contributed by atoms with Crippen LogP contribution in [0.4, 0.5) is 0 Å². The molecule has 28 heavy (non-hydrogen) atoms. The van der Waals surface area contributed by atoms with Crippen molar-refractivity contribution in [3.05, 3.63) is 41.5 Å². The predicted molar refractivity (Wildman–Crippen MR) is 104 cm³/mol. The van der Waals surface area contributed by atoms with E-state index in [0.29, 0.717) is 34.8 Å². The van der Waals surface area contributed by atoms with E-state index >= 15 is 0 Å². The van der Waals surface area contributed by atoms with E-state index in [2.05, 4.69) is 0 Å². The van der Waals surface area contributed by atoms with Crippen LogP contribution in [0.25, 0.3) is 17.2 Å². The molecule has 0 aliphatic carbocycles. The van der Waals surface area contributed by atoms with Gasteiger partial charge in [0.15, 0.2) is 11.5 Å². The number of rotatable bonds is 8. The first-order chi connectivity index (χ1) is 13.5. The van der Waals surface area contributed by atoms with Crippen molar-refractivity contribution in [1.29, 1.82) is 0 Å². The number of phenolic OH excluding ortho intramolecular Hbond substituents is 1. The van der Waals surface area contributed by atoms with E-state index in [1.165, 1.54) is 21.3 Å². The zero-order chi connectivity index (χ0) is 20.3. The molecule has 7 nitrogen and oxygen atoms in total. The summed E-state index contributed by atoms with van der Waals surface area (Å²) in [7, 11) is 4.47. The number of aromatic hydroxyl groups is 1. The highest BCUT2D eigenvalue weighted by molar-refractivity contribution is 5.85. The smallest absolute Gasteiger partial charge is 0.165 e. The molecule has 1 heterocycles. The number of hydrogen-bond donors (Lipinski definition) is 3. The molecule has 0 spiro atoms. The second-order valence-electron chi connectivity index (χ2n) is 6.32. The number of phenols is 1. The summed E-state index contributed by atoms with van der Waals surface area (Å²) in [5.41, 5.74) is 2.28. The highest BCUT2D eigenvalue weighted by Gasteiger charge is 2.34. The molecule has 0 bridgehead atoms. The van der Waals surface area contributed by atoms with Crippen molar-refractivity contribution in [2.45, 2.75) is 12.2 Å². The molecule has 0 radical (unpaired) electrons. The van der Waals surface area contributed by atoms with Crippen LogP contribution in [0.2, 0.25) is 0 Å². The van der Waals surface area contributed by atoms with E-state index in [9.17, 15) is 10.2 Å². The summed E-state index contributed by atoms with van der Waals surface area (Å²) in [4.78, 5) is 0. The van der Waals surface area contributed by atoms with Gasteiger partial charge in [0.2, 0.25) is 0 Å². The second-order valence-corrected chi connectivity index (χ2v) is 6.32. The van der Waals surface area contributed by atoms with Crippen LogP contribution in [0.15, 0.2) is 30.3 Å². The molecule has 1 saturated heterocycles. The molecule has 3 rings (SSSR count). The van der Waals surface area contributed by atoms with Crippen LogP contribution in [0.3, 0.4) is 0 Å². The second kappa shape index (κ2) is 8.52. The van der Waals surface area contributed by atoms with Crippen LogP contribution in [-0.2, 0) is 4.74 Å². The van der Waals surface area contributed by atoms with Gasteiger partial charge in [-0.1, -0.05) is 12.2 Å². The third kappa shape index (κ3) is 3.91. The lowest BCUT2D eigenvalue weighted by molar-refractivity contribution is 0.136. The number of aliphatic hydroxyl groups excluding tert-OH is 2. The molecule has 1 aliphatic rings. The normalized spacial score (nSPS) is 16.8. The van der Waals surface area contributed by atoms with Gasteiger partial charge in [0.1, 0.15) is 23.7 Å². The van der Waals surface area contributed by atoms with Gasteiger partial charge in [-0.3, -0.25) is 0 Å². The van der Waals surface area contributed by atoms with Gasteiger partial charge in [-0.05, 0) is 35.4 Å². The van der Waals surface area contributed by atoms with Crippen LogP contribution in [0, 0.1) is 0 Å². The summed E-state index contributed by atoms with van der Waals surface area (Å²) in [5.74, 6) is 1.05. The lowest BCUT2D eigenvalue weighted by Crippen LogP contribution is -2.06. The van der Waals surface area contributed by atoms with Gasteiger partial charge in [0, 0.05) is 5.56 Å². The first kappa shape index (κ1) is 20.0. The van der Waals surface area contributed by atoms with Gasteiger partial charge in [-0.2, -0.15) is 0 Å². The van der Waals surface area contributed by atoms with Crippen LogP contribution in [0.5, 0.6) is 23.0 Å². The minimum absolute atomic E-state index is 0.0703. The molecule has 1 fully saturated rings. The van der Waals surface area contributed by atoms with Gasteiger partial charge in [0.05, 0.1) is 40.1 Å². The SMILES string of the molecule is COc1cc(C=CCO)cc(-c2c(OC)cc([C@@H](O)[C@@H]3CO3)cc2OC)c1O. The molecule has 0 saturated carbocycles. The molecular formula is C21H24O7. The molecule has 3 N–H and O–H groups in total. The Labute approximate surface area is 163 Å². The molecule has 2 aromatic rings. The van der Waals surface area contributed by atoms with Crippen LogP contribution in [0.1, 0.15) is 17.2 Å². The Morgan fingerprint density at radius 3 is 2.18 bits per heavy atom. The Balaban J connectivity index is 2.20. The van der Waals surface area contributed by atoms with Crippen molar-refractivity contribution in [1.82, 2.24) is 0 Å². The molecule has 7 heteroatoms. The molecule has 2 aromatic carbocycles. The summed E-state index contributed by atoms with van der Waals surface area (Å²) in [6.45, 7) is 0.395. The molecule has 0 aromatic heterocycles. The third-order valence-corrected chi connectivity index (χ3v) is 4.58. The predicted octanol–water partition coefficient (Wildman–Crippen LogP) is 2.52. The van der Waals surface area contributed by atoms with Crippen LogP contribution >= 0.6 is 0 Å². The minimum atomic E-state index is -0.793. The Morgan fingerprint density at radius 1 is 1.07 bits per heavy atom. The largest absolute Gasteiger partial charge is 0.504 e. The van der Waals surface area contributed by atoms with Gasteiger partial charge >= 0.3 is 0 Å². The summed E-state index contributed by atoms with van der Waals surface area (Å²) >= 11 is 0. The monoisotopic (exact) mass is 388 g/mol. The average Bonchev–Trinajstić information content (AvgIpc) is 3.56. The molecule has 2 atom stereocenters. The lowest BCUT2D eigenvalue weighted by Gasteiger charge is -2.19. The van der Waals surface area contributed by atoms with E-state index in [0.717, 1.165) is 5.56 Å². The van der Waals surface area contributed by atoms with Crippen molar-refractivity contribution in [2.24, 2.45) is 0 Å². The van der Waals surface area contributed by atoms with E-state index in [1.54, 1.807) is 36.4 Å². The molecule has 1 aliphatic heterocycles. The summed E-state index contributed by atoms with van der Waals surface area (Å²) in [6, 6.07) is 6.80. The van der Waals surface area contributed by atoms with Crippen molar-refractivity contribution in [3.63, 3.8) is 0 Å². The fourth-order valence-corrected chi connectivity index (χ4v) is 3.08. The number of aliphatic hydroxyl groups is 2. The highest BCUT2D eigenvalue weighted by Crippen LogP contribution is 2.48. The highest BCUT2D eigenvalue weighted by atomic mass is 16.6. The molecular weight excluding hydrogens is 364 g/mol. The first-order valence-electron chi connectivity index (χ1n) is 8.78. The van der Waals surface area contributed by atoms with Crippen molar-refractivity contribution < 1.29 is 34.3 Å². The molecule has 0 unspecified atom stereocenters. The Bertz CT molecular complexity index is 846. The average molecular weight is 388 g/mol. The van der Waals surface area contributed by atoms with Crippen molar-refractivity contribution in [2.75, 3.05) is 34.5 Å². The first-order valence-corrected chi connectivity index (χ1v) is 8.78. The van der Waals surface area contributed by atoms with Gasteiger partial charge in [0.25, 0.3) is 0 Å². The van der Waals surface area contributed by atoms with Crippen molar-refractivity contribution >= 4 is 6.08 Å². The lowest BCUT2D eigenvalue weighted by atomic mass is 9.95. The number of ether oxygens (including phenoxy) is 4. The standard InChI is InChI=1S/C21H24O7/c1-25-15-9-13(20(23)18-11-28-18)10-16(26-2)19(15)14-7-12(5-4-6-22)8-17(27-3)21(14)24/h4-5,7-10,18,20,22-24H,6,11H2,1-3H3/t18-,20+/m0/s1. The van der Waals surface area contributed by atoms with Crippen LogP contribution < -0.4 is 14.2 Å². The summed E-state index contributed by atoms with van der Waals surface area (Å²) < 4.78 is 21.5. The maximum Gasteiger partial charge on any atom is 0.165 e. The van der Waals surface area contributed by atoms with E-state index in [-0.39, 0.29) is 24.2 Å². The fourth-order valence-electron chi connectivity index (χ4n) is 3.08. The number of epoxide rings is 1. The van der Waals surface area contributed by atoms with E-state index in [4.69, 9.17) is 24.1 Å². The number of methoxy groups -OCH3 is 3. The fraction of sp³-hybridized carbons (Fsp3) is 0.333. The Morgan fingerprint density at radius 2 is 1.68 bits per heavy atom. The van der Waals surface area contributed by atoms with E-state index < -0.39 is 6.10 Å². The van der Waals surface area contributed by atoms with Crippen LogP contribution in [-0.4, -0.2) is 56.0 Å². The van der Waals surface area contributed by atoms with Crippen molar-refractivity contribution in [3.8, 4) is 34.1 Å². The maximum atomic E-state index is 10.7. The number of hydrogen-bond acceptors (Lipinski definition) is 7. The van der Waals surface area contributed by atoms with E-state index in [1.807, 2.05) is 0 Å². The zero-order valence-corrected chi connectivity index (χ0v) is 16.0. The van der Waals surface area contributed by atoms with Gasteiger partial charge in [-0.15, -0.1) is 0 Å². The third-order valence-electron chi connectivity index (χ3n) is 4.58. The topological polar surface area (TPSA) is 101 Å². The zero-order valence-electron chi connectivity index (χ0n) is 16.0. The molecule has 0 amide bonds. The quantitative estimate of drug-likeness (QED) is 0.598. The summed E-state index contributed by atoms with van der Waals surface area (Å²) in [5, 5.41) is 30.2.